The molecule has 1 aliphatic carbocycles. The van der Waals surface area contributed by atoms with Crippen molar-refractivity contribution >= 4 is 5.82 Å². The lowest BCUT2D eigenvalue weighted by Crippen LogP contribution is -2.47. The third-order valence-corrected chi connectivity index (χ3v) is 5.22. The molecule has 122 valence electrons. The molecule has 3 atom stereocenters. The molecule has 0 unspecified atom stereocenters. The molecule has 0 spiro atoms. The highest BCUT2D eigenvalue weighted by Gasteiger charge is 2.49. The highest BCUT2D eigenvalue weighted by molar-refractivity contribution is 5.42. The summed E-state index contributed by atoms with van der Waals surface area (Å²) in [5.41, 5.74) is -0.716. The maximum Gasteiger partial charge on any atom is 0.433 e. The van der Waals surface area contributed by atoms with E-state index in [-0.39, 0.29) is 5.54 Å². The van der Waals surface area contributed by atoms with E-state index in [1.165, 1.54) is 6.07 Å². The molecule has 1 aromatic rings. The molecule has 1 aliphatic heterocycles. The molecule has 2 heterocycles. The number of pyridine rings is 1. The lowest BCUT2D eigenvalue weighted by molar-refractivity contribution is -0.141. The summed E-state index contributed by atoms with van der Waals surface area (Å²) in [6.07, 6.45) is -2.12. The van der Waals surface area contributed by atoms with E-state index in [1.807, 2.05) is 4.90 Å². The van der Waals surface area contributed by atoms with Crippen molar-refractivity contribution < 1.29 is 13.2 Å². The van der Waals surface area contributed by atoms with Gasteiger partial charge in [-0.25, -0.2) is 4.98 Å². The van der Waals surface area contributed by atoms with Crippen LogP contribution in [-0.2, 0) is 6.18 Å². The number of fused-ring (bicyclic) bond motifs is 1. The van der Waals surface area contributed by atoms with Crippen LogP contribution < -0.4 is 10.2 Å². The van der Waals surface area contributed by atoms with Crippen LogP contribution in [-0.4, -0.2) is 30.2 Å². The van der Waals surface area contributed by atoms with Gasteiger partial charge in [-0.1, -0.05) is 13.0 Å². The van der Waals surface area contributed by atoms with E-state index in [9.17, 15) is 13.2 Å². The van der Waals surface area contributed by atoms with E-state index in [0.717, 1.165) is 38.5 Å². The highest BCUT2D eigenvalue weighted by atomic mass is 19.4. The molecular weight excluding hydrogens is 291 g/mol. The Kier molecular flexibility index (Phi) is 3.83. The first-order valence-corrected chi connectivity index (χ1v) is 7.88. The Morgan fingerprint density at radius 3 is 2.82 bits per heavy atom. The molecule has 2 fully saturated rings. The summed E-state index contributed by atoms with van der Waals surface area (Å²) < 4.78 is 38.5. The maximum atomic E-state index is 12.8. The minimum Gasteiger partial charge on any atom is -0.356 e. The number of anilines is 1. The summed E-state index contributed by atoms with van der Waals surface area (Å²) in [7, 11) is 0. The first-order valence-electron chi connectivity index (χ1n) is 7.88. The fourth-order valence-corrected chi connectivity index (χ4v) is 4.12. The molecule has 0 radical (unpaired) electrons. The van der Waals surface area contributed by atoms with E-state index in [4.69, 9.17) is 0 Å². The smallest absolute Gasteiger partial charge is 0.356 e. The molecule has 3 rings (SSSR count). The summed E-state index contributed by atoms with van der Waals surface area (Å²) in [5, 5.41) is 3.57. The highest BCUT2D eigenvalue weighted by Crippen LogP contribution is 2.45. The Morgan fingerprint density at radius 2 is 2.14 bits per heavy atom. The van der Waals surface area contributed by atoms with Crippen molar-refractivity contribution in [1.29, 1.82) is 0 Å². The summed E-state index contributed by atoms with van der Waals surface area (Å²) in [5.74, 6) is 1.47. The number of nitrogens with zero attached hydrogens (tertiary/aromatic N) is 2. The van der Waals surface area contributed by atoms with Crippen molar-refractivity contribution in [3.05, 3.63) is 23.9 Å². The van der Waals surface area contributed by atoms with Gasteiger partial charge in [0.25, 0.3) is 0 Å². The van der Waals surface area contributed by atoms with E-state index in [1.54, 1.807) is 6.07 Å². The maximum absolute atomic E-state index is 12.8. The normalized spacial score (nSPS) is 31.6. The van der Waals surface area contributed by atoms with Crippen molar-refractivity contribution in [2.75, 3.05) is 24.5 Å². The van der Waals surface area contributed by atoms with Gasteiger partial charge in [0.2, 0.25) is 0 Å². The van der Waals surface area contributed by atoms with Gasteiger partial charge in [-0.05, 0) is 50.3 Å². The summed E-state index contributed by atoms with van der Waals surface area (Å²) in [6.45, 7) is 6.84. The van der Waals surface area contributed by atoms with E-state index in [2.05, 4.69) is 24.1 Å². The van der Waals surface area contributed by atoms with Crippen LogP contribution in [0.2, 0.25) is 0 Å². The quantitative estimate of drug-likeness (QED) is 0.928. The third-order valence-electron chi connectivity index (χ3n) is 5.22. The van der Waals surface area contributed by atoms with E-state index < -0.39 is 11.9 Å². The molecule has 1 N–H and O–H groups in total. The average Bonchev–Trinajstić information content (AvgIpc) is 3.00. The van der Waals surface area contributed by atoms with Crippen LogP contribution in [0.5, 0.6) is 0 Å². The van der Waals surface area contributed by atoms with Gasteiger partial charge in [0.05, 0.1) is 0 Å². The zero-order chi connectivity index (χ0) is 16.0. The average molecular weight is 313 g/mol. The number of nitrogens with one attached hydrogen (secondary N) is 1. The molecule has 1 saturated heterocycles. The van der Waals surface area contributed by atoms with Gasteiger partial charge >= 0.3 is 6.18 Å². The number of hydrogen-bond acceptors (Lipinski definition) is 3. The summed E-state index contributed by atoms with van der Waals surface area (Å²) >= 11 is 0. The molecule has 6 heteroatoms. The fraction of sp³-hybridized carbons (Fsp3) is 0.688. The Morgan fingerprint density at radius 1 is 1.36 bits per heavy atom. The van der Waals surface area contributed by atoms with Gasteiger partial charge in [0, 0.05) is 18.6 Å². The predicted molar refractivity (Wildman–Crippen MR) is 79.7 cm³/mol. The van der Waals surface area contributed by atoms with Crippen LogP contribution in [0.1, 0.15) is 32.4 Å². The Balaban J connectivity index is 1.79. The molecule has 0 bridgehead atoms. The predicted octanol–water partition coefficient (Wildman–Crippen LogP) is 3.31. The van der Waals surface area contributed by atoms with Crippen LogP contribution in [0.3, 0.4) is 0 Å². The van der Waals surface area contributed by atoms with Crippen molar-refractivity contribution in [1.82, 2.24) is 10.3 Å². The van der Waals surface area contributed by atoms with Gasteiger partial charge in [-0.3, -0.25) is 0 Å². The molecule has 1 aromatic heterocycles. The van der Waals surface area contributed by atoms with Crippen LogP contribution in [0.15, 0.2) is 18.2 Å². The molecular formula is C16H22F3N3. The second-order valence-corrected chi connectivity index (χ2v) is 6.64. The molecule has 0 amide bonds. The van der Waals surface area contributed by atoms with Crippen LogP contribution in [0, 0.1) is 11.8 Å². The summed E-state index contributed by atoms with van der Waals surface area (Å²) in [6, 6.07) is 4.16. The van der Waals surface area contributed by atoms with Crippen molar-refractivity contribution in [3.63, 3.8) is 0 Å². The third kappa shape index (κ3) is 2.69. The van der Waals surface area contributed by atoms with Crippen molar-refractivity contribution in [3.8, 4) is 0 Å². The minimum atomic E-state index is -4.39. The lowest BCUT2D eigenvalue weighted by Gasteiger charge is -2.32. The zero-order valence-corrected chi connectivity index (χ0v) is 13.0. The number of halogens is 3. The van der Waals surface area contributed by atoms with Crippen molar-refractivity contribution in [2.24, 2.45) is 11.8 Å². The first-order chi connectivity index (χ1) is 10.3. The molecule has 1 saturated carbocycles. The molecule has 0 aromatic carbocycles. The minimum absolute atomic E-state index is 0.0931. The van der Waals surface area contributed by atoms with E-state index >= 15 is 0 Å². The molecule has 3 nitrogen and oxygen atoms in total. The van der Waals surface area contributed by atoms with Crippen LogP contribution >= 0.6 is 0 Å². The SMILES string of the molecule is CCN[C@]1(C)CC[C@@H]2CN(c3cccc(C(F)(F)F)n3)C[C@@H]21. The topological polar surface area (TPSA) is 28.2 Å². The van der Waals surface area contributed by atoms with Crippen LogP contribution in [0.4, 0.5) is 19.0 Å². The zero-order valence-electron chi connectivity index (χ0n) is 13.0. The standard InChI is InChI=1S/C16H22F3N3/c1-3-20-15(2)8-7-11-9-22(10-12(11)15)14-6-4-5-13(21-14)16(17,18)19/h4-6,11-12,20H,3,7-10H2,1-2H3/t11-,12+,15-/m1/s1. The Hall–Kier alpha value is -1.30. The molecule has 22 heavy (non-hydrogen) atoms. The number of aromatic nitrogens is 1. The van der Waals surface area contributed by atoms with Gasteiger partial charge < -0.3 is 10.2 Å². The number of alkyl halides is 3. The van der Waals surface area contributed by atoms with E-state index in [0.29, 0.717) is 17.7 Å². The number of rotatable bonds is 3. The van der Waals surface area contributed by atoms with Gasteiger partial charge in [0.15, 0.2) is 0 Å². The lowest BCUT2D eigenvalue weighted by atomic mass is 9.86. The molecule has 2 aliphatic rings. The first kappa shape index (κ1) is 15.6. The van der Waals surface area contributed by atoms with Crippen molar-refractivity contribution in [2.45, 2.75) is 38.4 Å². The second kappa shape index (κ2) is 5.41. The monoisotopic (exact) mass is 313 g/mol. The fourth-order valence-electron chi connectivity index (χ4n) is 4.12. The largest absolute Gasteiger partial charge is 0.433 e. The second-order valence-electron chi connectivity index (χ2n) is 6.64. The van der Waals surface area contributed by atoms with Gasteiger partial charge in [-0.2, -0.15) is 13.2 Å². The van der Waals surface area contributed by atoms with Crippen LogP contribution in [0.25, 0.3) is 0 Å². The Bertz CT molecular complexity index is 542. The number of hydrogen-bond donors (Lipinski definition) is 1. The summed E-state index contributed by atoms with van der Waals surface area (Å²) in [4.78, 5) is 5.84. The van der Waals surface area contributed by atoms with Gasteiger partial charge in [-0.15, -0.1) is 0 Å². The Labute approximate surface area is 128 Å². The van der Waals surface area contributed by atoms with Gasteiger partial charge in [0.1, 0.15) is 11.5 Å².